The lowest BCUT2D eigenvalue weighted by Crippen LogP contribution is -2.16. The van der Waals surface area contributed by atoms with Crippen molar-refractivity contribution in [1.82, 2.24) is 4.98 Å². The molecule has 136 valence electrons. The first-order valence-corrected chi connectivity index (χ1v) is 8.99. The predicted octanol–water partition coefficient (Wildman–Crippen LogP) is 4.07. The van der Waals surface area contributed by atoms with Gasteiger partial charge in [0.05, 0.1) is 23.8 Å². The summed E-state index contributed by atoms with van der Waals surface area (Å²) in [6.45, 7) is 1.86. The molecule has 3 aromatic rings. The second-order valence-corrected chi connectivity index (χ2v) is 6.76. The van der Waals surface area contributed by atoms with Crippen LogP contribution in [-0.2, 0) is 17.6 Å². The van der Waals surface area contributed by atoms with Gasteiger partial charge in [0, 0.05) is 16.8 Å². The highest BCUT2D eigenvalue weighted by Crippen LogP contribution is 2.31. The standard InChI is InChI=1S/C22H20N2O3/c1-13-12-14(22(26)27-2)10-11-17(13)24-21(25)20-15-6-3-4-8-18(15)23-19-9-5-7-16(19)20/h3-4,6,8,10-12H,5,7,9H2,1-2H3,(H,24,25). The van der Waals surface area contributed by atoms with E-state index in [1.54, 1.807) is 18.2 Å². The number of nitrogens with one attached hydrogen (secondary N) is 1. The Morgan fingerprint density at radius 3 is 2.70 bits per heavy atom. The van der Waals surface area contributed by atoms with Gasteiger partial charge in [0.25, 0.3) is 5.91 Å². The molecule has 1 amide bonds. The van der Waals surface area contributed by atoms with Gasteiger partial charge in [-0.25, -0.2) is 4.79 Å². The van der Waals surface area contributed by atoms with Gasteiger partial charge < -0.3 is 10.1 Å². The van der Waals surface area contributed by atoms with Crippen molar-refractivity contribution in [3.63, 3.8) is 0 Å². The van der Waals surface area contributed by atoms with Crippen LogP contribution < -0.4 is 5.32 Å². The minimum Gasteiger partial charge on any atom is -0.465 e. The van der Waals surface area contributed by atoms with E-state index in [9.17, 15) is 9.59 Å². The van der Waals surface area contributed by atoms with Crippen molar-refractivity contribution in [3.8, 4) is 0 Å². The van der Waals surface area contributed by atoms with E-state index in [4.69, 9.17) is 9.72 Å². The van der Waals surface area contributed by atoms with Crippen LogP contribution in [0.15, 0.2) is 42.5 Å². The Hall–Kier alpha value is -3.21. The quantitative estimate of drug-likeness (QED) is 0.715. The van der Waals surface area contributed by atoms with Gasteiger partial charge >= 0.3 is 5.97 Å². The average molecular weight is 360 g/mol. The van der Waals surface area contributed by atoms with Crippen LogP contribution >= 0.6 is 0 Å². The molecule has 0 bridgehead atoms. The molecule has 2 aromatic carbocycles. The number of amides is 1. The number of anilines is 1. The molecule has 0 fully saturated rings. The van der Waals surface area contributed by atoms with Crippen LogP contribution in [0.4, 0.5) is 5.69 Å². The maximum absolute atomic E-state index is 13.2. The van der Waals surface area contributed by atoms with E-state index in [0.717, 1.165) is 47.0 Å². The van der Waals surface area contributed by atoms with E-state index in [1.165, 1.54) is 7.11 Å². The number of hydrogen-bond donors (Lipinski definition) is 1. The van der Waals surface area contributed by atoms with E-state index >= 15 is 0 Å². The zero-order valence-corrected chi connectivity index (χ0v) is 15.3. The van der Waals surface area contributed by atoms with Gasteiger partial charge in [-0.1, -0.05) is 18.2 Å². The Kier molecular flexibility index (Phi) is 4.36. The van der Waals surface area contributed by atoms with Crippen LogP contribution in [0.25, 0.3) is 10.9 Å². The number of ether oxygens (including phenoxy) is 1. The molecule has 0 atom stereocenters. The Morgan fingerprint density at radius 1 is 1.11 bits per heavy atom. The number of carbonyl (C=O) groups is 2. The number of para-hydroxylation sites is 1. The molecule has 1 aromatic heterocycles. The third-order valence-corrected chi connectivity index (χ3v) is 5.04. The lowest BCUT2D eigenvalue weighted by molar-refractivity contribution is 0.0600. The molecular weight excluding hydrogens is 340 g/mol. The second kappa shape index (κ2) is 6.83. The zero-order chi connectivity index (χ0) is 19.0. The summed E-state index contributed by atoms with van der Waals surface area (Å²) in [5.74, 6) is -0.533. The molecule has 0 saturated heterocycles. The number of fused-ring (bicyclic) bond motifs is 2. The van der Waals surface area contributed by atoms with E-state index in [0.29, 0.717) is 16.8 Å². The van der Waals surface area contributed by atoms with Crippen molar-refractivity contribution < 1.29 is 14.3 Å². The largest absolute Gasteiger partial charge is 0.465 e. The Bertz CT molecular complexity index is 1070. The number of aryl methyl sites for hydroxylation is 2. The average Bonchev–Trinajstić information content (AvgIpc) is 3.14. The van der Waals surface area contributed by atoms with Crippen molar-refractivity contribution in [2.75, 3.05) is 12.4 Å². The van der Waals surface area contributed by atoms with Gasteiger partial charge in [-0.3, -0.25) is 9.78 Å². The van der Waals surface area contributed by atoms with Crippen LogP contribution in [0, 0.1) is 6.92 Å². The molecule has 0 saturated carbocycles. The maximum atomic E-state index is 13.2. The smallest absolute Gasteiger partial charge is 0.337 e. The molecule has 4 rings (SSSR count). The summed E-state index contributed by atoms with van der Waals surface area (Å²) in [4.78, 5) is 29.6. The van der Waals surface area contributed by atoms with Crippen LogP contribution in [0.2, 0.25) is 0 Å². The van der Waals surface area contributed by atoms with E-state index < -0.39 is 5.97 Å². The van der Waals surface area contributed by atoms with E-state index in [2.05, 4.69) is 5.32 Å². The Morgan fingerprint density at radius 2 is 1.93 bits per heavy atom. The molecule has 0 unspecified atom stereocenters. The topological polar surface area (TPSA) is 68.3 Å². The SMILES string of the molecule is COC(=O)c1ccc(NC(=O)c2c3c(nc4ccccc24)CCC3)c(C)c1. The first-order chi connectivity index (χ1) is 13.1. The number of aromatic nitrogens is 1. The zero-order valence-electron chi connectivity index (χ0n) is 15.3. The van der Waals surface area contributed by atoms with Gasteiger partial charge in [-0.2, -0.15) is 0 Å². The van der Waals surface area contributed by atoms with Crippen molar-refractivity contribution in [3.05, 3.63) is 70.4 Å². The van der Waals surface area contributed by atoms with Crippen molar-refractivity contribution >= 4 is 28.5 Å². The minimum atomic E-state index is -0.395. The van der Waals surface area contributed by atoms with E-state index in [-0.39, 0.29) is 5.91 Å². The van der Waals surface area contributed by atoms with E-state index in [1.807, 2.05) is 31.2 Å². The number of nitrogens with zero attached hydrogens (tertiary/aromatic N) is 1. The summed E-state index contributed by atoms with van der Waals surface area (Å²) in [6, 6.07) is 12.9. The number of methoxy groups -OCH3 is 1. The van der Waals surface area contributed by atoms with Gasteiger partial charge in [-0.15, -0.1) is 0 Å². The number of rotatable bonds is 3. The van der Waals surface area contributed by atoms with Crippen molar-refractivity contribution in [1.29, 1.82) is 0 Å². The molecule has 0 aliphatic heterocycles. The Balaban J connectivity index is 1.73. The van der Waals surface area contributed by atoms with Crippen LogP contribution in [0.1, 0.15) is 44.0 Å². The number of esters is 1. The van der Waals surface area contributed by atoms with Crippen LogP contribution in [0.5, 0.6) is 0 Å². The summed E-state index contributed by atoms with van der Waals surface area (Å²) in [5.41, 5.74) is 5.59. The first-order valence-electron chi connectivity index (χ1n) is 8.99. The summed E-state index contributed by atoms with van der Waals surface area (Å²) in [6.07, 6.45) is 2.80. The van der Waals surface area contributed by atoms with Gasteiger partial charge in [0.1, 0.15) is 0 Å². The number of benzene rings is 2. The number of carbonyl (C=O) groups excluding carboxylic acids is 2. The molecule has 1 aliphatic carbocycles. The fourth-order valence-electron chi connectivity index (χ4n) is 3.70. The molecule has 0 radical (unpaired) electrons. The third-order valence-electron chi connectivity index (χ3n) is 5.04. The second-order valence-electron chi connectivity index (χ2n) is 6.76. The van der Waals surface area contributed by atoms with Crippen molar-refractivity contribution in [2.24, 2.45) is 0 Å². The van der Waals surface area contributed by atoms with Crippen molar-refractivity contribution in [2.45, 2.75) is 26.2 Å². The summed E-state index contributed by atoms with van der Waals surface area (Å²) in [7, 11) is 1.35. The lowest BCUT2D eigenvalue weighted by atomic mass is 10.00. The number of pyridine rings is 1. The van der Waals surface area contributed by atoms with Gasteiger partial charge in [0.15, 0.2) is 0 Å². The summed E-state index contributed by atoms with van der Waals surface area (Å²) >= 11 is 0. The lowest BCUT2D eigenvalue weighted by Gasteiger charge is -2.14. The molecule has 1 heterocycles. The van der Waals surface area contributed by atoms with Gasteiger partial charge in [-0.05, 0) is 61.6 Å². The highest BCUT2D eigenvalue weighted by molar-refractivity contribution is 6.14. The molecule has 1 aliphatic rings. The molecule has 1 N–H and O–H groups in total. The highest BCUT2D eigenvalue weighted by atomic mass is 16.5. The predicted molar refractivity (Wildman–Crippen MR) is 104 cm³/mol. The fourth-order valence-corrected chi connectivity index (χ4v) is 3.70. The molecule has 5 heteroatoms. The Labute approximate surface area is 157 Å². The maximum Gasteiger partial charge on any atom is 0.337 e. The van der Waals surface area contributed by atoms with Crippen LogP contribution in [-0.4, -0.2) is 24.0 Å². The first kappa shape index (κ1) is 17.2. The minimum absolute atomic E-state index is 0.138. The molecule has 0 spiro atoms. The molecule has 5 nitrogen and oxygen atoms in total. The monoisotopic (exact) mass is 360 g/mol. The molecular formula is C22H20N2O3. The summed E-state index contributed by atoms with van der Waals surface area (Å²) < 4.78 is 4.75. The third kappa shape index (κ3) is 3.05. The van der Waals surface area contributed by atoms with Gasteiger partial charge in [0.2, 0.25) is 0 Å². The highest BCUT2D eigenvalue weighted by Gasteiger charge is 2.24. The summed E-state index contributed by atoms with van der Waals surface area (Å²) in [5, 5.41) is 3.89. The number of hydrogen-bond acceptors (Lipinski definition) is 4. The fraction of sp³-hybridized carbons (Fsp3) is 0.227. The van der Waals surface area contributed by atoms with Crippen LogP contribution in [0.3, 0.4) is 0 Å². The normalized spacial score (nSPS) is 12.7. The molecule has 27 heavy (non-hydrogen) atoms.